The second-order valence-electron chi connectivity index (χ2n) is 12.3. The van der Waals surface area contributed by atoms with Crippen LogP contribution in [-0.2, 0) is 20.8 Å². The van der Waals surface area contributed by atoms with Gasteiger partial charge in [-0.2, -0.15) is 0 Å². The molecular formula is C34H51N2O9+. The van der Waals surface area contributed by atoms with E-state index in [1.54, 1.807) is 38.5 Å². The minimum Gasteiger partial charge on any atom is -0.496 e. The third kappa shape index (κ3) is 11.1. The molecule has 2 aromatic carbocycles. The predicted molar refractivity (Wildman–Crippen MR) is 170 cm³/mol. The van der Waals surface area contributed by atoms with Crippen LogP contribution >= 0.6 is 0 Å². The Hall–Kier alpha value is -3.54. The van der Waals surface area contributed by atoms with E-state index in [-0.39, 0.29) is 31.9 Å². The highest BCUT2D eigenvalue weighted by Crippen LogP contribution is 2.39. The van der Waals surface area contributed by atoms with E-state index < -0.39 is 18.1 Å². The van der Waals surface area contributed by atoms with Crippen molar-refractivity contribution >= 4 is 12.0 Å². The van der Waals surface area contributed by atoms with Crippen molar-refractivity contribution in [3.05, 3.63) is 47.5 Å². The first-order valence-electron chi connectivity index (χ1n) is 15.5. The molecule has 250 valence electrons. The largest absolute Gasteiger partial charge is 0.496 e. The highest BCUT2D eigenvalue weighted by atomic mass is 16.6. The number of para-hydroxylation sites is 1. The first-order valence-corrected chi connectivity index (χ1v) is 15.5. The number of carbonyl (C=O) groups excluding carboxylic acids is 2. The van der Waals surface area contributed by atoms with E-state index in [1.165, 1.54) is 46.3 Å². The lowest BCUT2D eigenvalue weighted by molar-refractivity contribution is -0.869. The van der Waals surface area contributed by atoms with Crippen molar-refractivity contribution in [2.75, 3.05) is 82.5 Å². The molecule has 2 amide bonds. The summed E-state index contributed by atoms with van der Waals surface area (Å²) in [6.07, 6.45) is 4.82. The molecule has 45 heavy (non-hydrogen) atoms. The minimum absolute atomic E-state index is 0.101. The monoisotopic (exact) mass is 631 g/mol. The quantitative estimate of drug-likeness (QED) is 0.218. The third-order valence-corrected chi connectivity index (χ3v) is 7.80. The van der Waals surface area contributed by atoms with E-state index in [1.807, 2.05) is 33.3 Å². The SMILES string of the molecule is COc1ccccc1C(=O)N(CC[N+](C)(C)C)C(=O)OCC(COCc1cc(OC)c(OCC2CCCCC2)c(OC)c1)OC. The molecule has 0 aliphatic heterocycles. The van der Waals surface area contributed by atoms with E-state index in [0.717, 1.165) is 10.5 Å². The molecule has 0 heterocycles. The number of hydrogen-bond acceptors (Lipinski definition) is 9. The van der Waals surface area contributed by atoms with Gasteiger partial charge in [0, 0.05) is 7.11 Å². The molecule has 0 aromatic heterocycles. The van der Waals surface area contributed by atoms with E-state index in [0.29, 0.717) is 46.6 Å². The summed E-state index contributed by atoms with van der Waals surface area (Å²) in [7, 11) is 12.2. The molecule has 0 radical (unpaired) electrons. The summed E-state index contributed by atoms with van der Waals surface area (Å²) < 4.78 is 40.3. The Morgan fingerprint density at radius 2 is 1.53 bits per heavy atom. The molecule has 1 saturated carbocycles. The number of quaternary nitrogens is 1. The summed E-state index contributed by atoms with van der Waals surface area (Å²) in [6, 6.07) is 10.5. The maximum Gasteiger partial charge on any atom is 0.417 e. The normalized spacial score (nSPS) is 14.4. The van der Waals surface area contributed by atoms with Gasteiger partial charge in [0.15, 0.2) is 11.5 Å². The van der Waals surface area contributed by atoms with E-state index in [2.05, 4.69) is 0 Å². The number of likely N-dealkylation sites (N-methyl/N-ethyl adjacent to an activating group) is 1. The van der Waals surface area contributed by atoms with Crippen LogP contribution in [0.4, 0.5) is 4.79 Å². The number of imide groups is 1. The molecule has 1 aliphatic carbocycles. The van der Waals surface area contributed by atoms with Gasteiger partial charge in [0.2, 0.25) is 5.75 Å². The number of nitrogens with zero attached hydrogens (tertiary/aromatic N) is 2. The molecule has 0 saturated heterocycles. The van der Waals surface area contributed by atoms with Gasteiger partial charge in [0.05, 0.1) is 80.9 Å². The predicted octanol–water partition coefficient (Wildman–Crippen LogP) is 5.19. The van der Waals surface area contributed by atoms with Gasteiger partial charge in [-0.3, -0.25) is 4.79 Å². The second-order valence-corrected chi connectivity index (χ2v) is 12.3. The number of benzene rings is 2. The highest BCUT2D eigenvalue weighted by molar-refractivity contribution is 6.04. The Labute approximate surface area is 267 Å². The van der Waals surface area contributed by atoms with Gasteiger partial charge in [0.25, 0.3) is 5.91 Å². The molecule has 0 N–H and O–H groups in total. The van der Waals surface area contributed by atoms with E-state index >= 15 is 0 Å². The first kappa shape index (κ1) is 35.9. The molecule has 1 fully saturated rings. The van der Waals surface area contributed by atoms with Crippen LogP contribution in [0.15, 0.2) is 36.4 Å². The zero-order chi connectivity index (χ0) is 32.8. The van der Waals surface area contributed by atoms with E-state index in [4.69, 9.17) is 33.2 Å². The van der Waals surface area contributed by atoms with Crippen molar-refractivity contribution < 1.29 is 47.2 Å². The molecule has 1 unspecified atom stereocenters. The van der Waals surface area contributed by atoms with Crippen molar-refractivity contribution in [2.24, 2.45) is 5.92 Å². The molecule has 0 spiro atoms. The smallest absolute Gasteiger partial charge is 0.417 e. The van der Waals surface area contributed by atoms with Crippen LogP contribution in [0.1, 0.15) is 48.0 Å². The lowest BCUT2D eigenvalue weighted by atomic mass is 9.90. The fourth-order valence-electron chi connectivity index (χ4n) is 5.09. The highest BCUT2D eigenvalue weighted by Gasteiger charge is 2.29. The summed E-state index contributed by atoms with van der Waals surface area (Å²) in [5.41, 5.74) is 1.11. The van der Waals surface area contributed by atoms with Crippen LogP contribution in [-0.4, -0.2) is 110 Å². The standard InChI is InChI=1S/C34H51N2O9/c1-36(2,3)18-17-35(33(37)28-15-11-12-16-29(28)40-5)34(38)45-24-27(39-4)23-43-21-26-19-30(41-6)32(31(20-26)42-7)44-22-25-13-9-8-10-14-25/h11-12,15-16,19-20,25,27H,8-10,13-14,17-18,21-24H2,1-7H3/q+1. The van der Waals surface area contributed by atoms with Crippen LogP contribution in [0.5, 0.6) is 23.0 Å². The number of amides is 2. The minimum atomic E-state index is -0.764. The molecule has 11 nitrogen and oxygen atoms in total. The average molecular weight is 632 g/mol. The Kier molecular flexibility index (Phi) is 14.2. The van der Waals surface area contributed by atoms with Gasteiger partial charge in [-0.25, -0.2) is 9.69 Å². The summed E-state index contributed by atoms with van der Waals surface area (Å²) in [6.45, 7) is 1.62. The number of methoxy groups -OCH3 is 4. The van der Waals surface area contributed by atoms with Crippen LogP contribution in [0.25, 0.3) is 0 Å². The van der Waals surface area contributed by atoms with Gasteiger partial charge >= 0.3 is 6.09 Å². The third-order valence-electron chi connectivity index (χ3n) is 7.80. The lowest BCUT2D eigenvalue weighted by Gasteiger charge is -2.28. The van der Waals surface area contributed by atoms with Gasteiger partial charge in [0.1, 0.15) is 18.5 Å². The zero-order valence-electron chi connectivity index (χ0n) is 28.0. The molecule has 3 rings (SSSR count). The van der Waals surface area contributed by atoms with Gasteiger partial charge in [-0.15, -0.1) is 0 Å². The average Bonchev–Trinajstić information content (AvgIpc) is 3.04. The van der Waals surface area contributed by atoms with Gasteiger partial charge in [-0.1, -0.05) is 31.4 Å². The van der Waals surface area contributed by atoms with Crippen molar-refractivity contribution in [3.8, 4) is 23.0 Å². The number of rotatable bonds is 17. The molecule has 11 heteroatoms. The van der Waals surface area contributed by atoms with Gasteiger partial charge < -0.3 is 37.6 Å². The van der Waals surface area contributed by atoms with Crippen molar-refractivity contribution in [2.45, 2.75) is 44.8 Å². The van der Waals surface area contributed by atoms with Crippen LogP contribution < -0.4 is 18.9 Å². The fourth-order valence-corrected chi connectivity index (χ4v) is 5.09. The van der Waals surface area contributed by atoms with Crippen LogP contribution in [0.3, 0.4) is 0 Å². The Morgan fingerprint density at radius 1 is 0.889 bits per heavy atom. The lowest BCUT2D eigenvalue weighted by Crippen LogP contribution is -2.47. The maximum absolute atomic E-state index is 13.4. The van der Waals surface area contributed by atoms with Crippen molar-refractivity contribution in [1.82, 2.24) is 4.90 Å². The summed E-state index contributed by atoms with van der Waals surface area (Å²) in [5.74, 6) is 2.18. The fraction of sp³-hybridized carbons (Fsp3) is 0.588. The molecular weight excluding hydrogens is 580 g/mol. The Balaban J connectivity index is 1.59. The number of carbonyl (C=O) groups is 2. The molecule has 1 atom stereocenters. The maximum atomic E-state index is 13.4. The van der Waals surface area contributed by atoms with Crippen molar-refractivity contribution in [1.29, 1.82) is 0 Å². The topological polar surface area (TPSA) is 102 Å². The Bertz CT molecular complexity index is 1200. The van der Waals surface area contributed by atoms with E-state index in [9.17, 15) is 9.59 Å². The van der Waals surface area contributed by atoms with Crippen LogP contribution in [0.2, 0.25) is 0 Å². The molecule has 1 aliphatic rings. The summed E-state index contributed by atoms with van der Waals surface area (Å²) in [5, 5.41) is 0. The first-order chi connectivity index (χ1) is 21.6. The van der Waals surface area contributed by atoms with Crippen molar-refractivity contribution in [3.63, 3.8) is 0 Å². The Morgan fingerprint density at radius 3 is 2.13 bits per heavy atom. The zero-order valence-corrected chi connectivity index (χ0v) is 28.0. The molecule has 0 bridgehead atoms. The molecule has 2 aromatic rings. The second kappa shape index (κ2) is 17.8. The number of hydrogen-bond donors (Lipinski definition) is 0. The van der Waals surface area contributed by atoms with Crippen LogP contribution in [0, 0.1) is 5.92 Å². The van der Waals surface area contributed by atoms with Gasteiger partial charge in [-0.05, 0) is 48.6 Å². The summed E-state index contributed by atoms with van der Waals surface area (Å²) in [4.78, 5) is 27.7. The summed E-state index contributed by atoms with van der Waals surface area (Å²) >= 11 is 0. The number of ether oxygens (including phenoxy) is 7.